The number of hydrogen-bond donors (Lipinski definition) is 1. The lowest BCUT2D eigenvalue weighted by Gasteiger charge is -2.18. The molecule has 15 heavy (non-hydrogen) atoms. The minimum Gasteiger partial charge on any atom is -0.312 e. The van der Waals surface area contributed by atoms with Crippen molar-refractivity contribution in [3.05, 3.63) is 45.5 Å². The number of benzene rings is 1. The average Bonchev–Trinajstić information content (AvgIpc) is 2.27. The molecule has 1 aliphatic rings. The number of nitro benzene ring substituents is 1. The van der Waals surface area contributed by atoms with Crippen LogP contribution >= 0.6 is 0 Å². The van der Waals surface area contributed by atoms with Crippen LogP contribution in [-0.2, 0) is 13.0 Å². The van der Waals surface area contributed by atoms with Crippen LogP contribution in [0.5, 0.6) is 0 Å². The molecule has 0 saturated heterocycles. The number of nitrogens with one attached hydrogen (secondary N) is 1. The summed E-state index contributed by atoms with van der Waals surface area (Å²) in [6, 6.07) is 3.24. The fourth-order valence-corrected chi connectivity index (χ4v) is 1.93. The van der Waals surface area contributed by atoms with Crippen molar-refractivity contribution in [1.82, 2.24) is 5.32 Å². The van der Waals surface area contributed by atoms with Crippen LogP contribution in [0.2, 0.25) is 0 Å². The molecule has 1 aromatic rings. The highest BCUT2D eigenvalue weighted by atomic mass is 16.6. The van der Waals surface area contributed by atoms with Gasteiger partial charge in [0.15, 0.2) is 0 Å². The zero-order chi connectivity index (χ0) is 10.8. The Kier molecular flexibility index (Phi) is 2.51. The van der Waals surface area contributed by atoms with E-state index < -0.39 is 0 Å². The van der Waals surface area contributed by atoms with Crippen LogP contribution in [0.4, 0.5) is 5.69 Å². The summed E-state index contributed by atoms with van der Waals surface area (Å²) < 4.78 is 0. The molecule has 0 amide bonds. The van der Waals surface area contributed by atoms with Gasteiger partial charge in [0.25, 0.3) is 5.69 Å². The van der Waals surface area contributed by atoms with E-state index in [1.807, 2.05) is 0 Å². The normalized spacial score (nSPS) is 14.4. The van der Waals surface area contributed by atoms with Crippen molar-refractivity contribution in [3.63, 3.8) is 0 Å². The highest BCUT2D eigenvalue weighted by molar-refractivity contribution is 5.59. The summed E-state index contributed by atoms with van der Waals surface area (Å²) in [6.45, 7) is 5.32. The van der Waals surface area contributed by atoms with Gasteiger partial charge in [-0.1, -0.05) is 12.7 Å². The third-order valence-corrected chi connectivity index (χ3v) is 2.66. The van der Waals surface area contributed by atoms with Crippen LogP contribution < -0.4 is 5.32 Å². The Hall–Kier alpha value is -1.68. The van der Waals surface area contributed by atoms with E-state index in [1.165, 1.54) is 5.56 Å². The van der Waals surface area contributed by atoms with Crippen LogP contribution in [0.1, 0.15) is 16.7 Å². The third kappa shape index (κ3) is 1.76. The molecule has 4 nitrogen and oxygen atoms in total. The first-order chi connectivity index (χ1) is 7.22. The maximum atomic E-state index is 10.7. The van der Waals surface area contributed by atoms with Crippen molar-refractivity contribution in [2.75, 3.05) is 6.54 Å². The molecule has 0 fully saturated rings. The number of hydrogen-bond acceptors (Lipinski definition) is 3. The number of non-ortho nitro benzene ring substituents is 1. The van der Waals surface area contributed by atoms with Gasteiger partial charge in [0, 0.05) is 18.7 Å². The maximum absolute atomic E-state index is 10.7. The highest BCUT2D eigenvalue weighted by Gasteiger charge is 2.17. The monoisotopic (exact) mass is 204 g/mol. The molecule has 0 saturated carbocycles. The summed E-state index contributed by atoms with van der Waals surface area (Å²) in [4.78, 5) is 10.3. The summed E-state index contributed by atoms with van der Waals surface area (Å²) in [7, 11) is 0. The lowest BCUT2D eigenvalue weighted by molar-refractivity contribution is -0.385. The molecule has 0 bridgehead atoms. The van der Waals surface area contributed by atoms with Crippen molar-refractivity contribution in [3.8, 4) is 0 Å². The van der Waals surface area contributed by atoms with Crippen molar-refractivity contribution in [1.29, 1.82) is 0 Å². The summed E-state index contributed by atoms with van der Waals surface area (Å²) in [6.07, 6.45) is 2.60. The van der Waals surface area contributed by atoms with Gasteiger partial charge in [-0.3, -0.25) is 10.1 Å². The van der Waals surface area contributed by atoms with Gasteiger partial charge in [-0.15, -0.1) is 0 Å². The van der Waals surface area contributed by atoms with Gasteiger partial charge in [-0.25, -0.2) is 0 Å². The molecule has 1 N–H and O–H groups in total. The maximum Gasteiger partial charge on any atom is 0.270 e. The first-order valence-electron chi connectivity index (χ1n) is 4.85. The molecule has 0 aromatic heterocycles. The molecule has 1 heterocycles. The van der Waals surface area contributed by atoms with Crippen LogP contribution in [0.15, 0.2) is 18.7 Å². The predicted octanol–water partition coefficient (Wildman–Crippen LogP) is 1.88. The van der Waals surface area contributed by atoms with Gasteiger partial charge in [-0.05, 0) is 29.7 Å². The smallest absolute Gasteiger partial charge is 0.270 e. The molecule has 1 aromatic carbocycles. The van der Waals surface area contributed by atoms with E-state index >= 15 is 0 Å². The van der Waals surface area contributed by atoms with Crippen LogP contribution in [0.25, 0.3) is 6.08 Å². The molecule has 0 atom stereocenters. The van der Waals surface area contributed by atoms with Crippen LogP contribution in [0, 0.1) is 10.1 Å². The van der Waals surface area contributed by atoms with Crippen molar-refractivity contribution < 1.29 is 4.92 Å². The predicted molar refractivity (Wildman–Crippen MR) is 58.6 cm³/mol. The molecule has 78 valence electrons. The first-order valence-corrected chi connectivity index (χ1v) is 4.85. The molecule has 2 rings (SSSR count). The molecule has 4 heteroatoms. The number of nitro groups is 1. The van der Waals surface area contributed by atoms with Crippen LogP contribution in [0.3, 0.4) is 0 Å². The van der Waals surface area contributed by atoms with Crippen molar-refractivity contribution in [2.24, 2.45) is 0 Å². The van der Waals surface area contributed by atoms with Gasteiger partial charge in [0.2, 0.25) is 0 Å². The standard InChI is InChI=1S/C11H12N2O2/c1-2-8-5-10(13(14)15)6-9-7-12-4-3-11(8)9/h2,5-6,12H,1,3-4,7H2. The molecule has 0 unspecified atom stereocenters. The summed E-state index contributed by atoms with van der Waals surface area (Å²) in [5.74, 6) is 0. The molecular formula is C11H12N2O2. The number of nitrogens with zero attached hydrogens (tertiary/aromatic N) is 1. The number of fused-ring (bicyclic) bond motifs is 1. The Balaban J connectivity index is 2.57. The summed E-state index contributed by atoms with van der Waals surface area (Å²) >= 11 is 0. The molecule has 0 radical (unpaired) electrons. The zero-order valence-corrected chi connectivity index (χ0v) is 8.32. The second-order valence-corrected chi connectivity index (χ2v) is 3.56. The Morgan fingerprint density at radius 2 is 2.33 bits per heavy atom. The minimum absolute atomic E-state index is 0.146. The SMILES string of the molecule is C=Cc1cc([N+](=O)[O-])cc2c1CCNC2. The fraction of sp³-hybridized carbons (Fsp3) is 0.273. The second kappa shape index (κ2) is 3.82. The molecule has 0 spiro atoms. The Morgan fingerprint density at radius 1 is 1.53 bits per heavy atom. The van der Waals surface area contributed by atoms with Crippen molar-refractivity contribution in [2.45, 2.75) is 13.0 Å². The van der Waals surface area contributed by atoms with Gasteiger partial charge in [0.1, 0.15) is 0 Å². The Labute approximate surface area is 87.8 Å². The molecule has 1 aliphatic heterocycles. The van der Waals surface area contributed by atoms with E-state index in [9.17, 15) is 10.1 Å². The van der Waals surface area contributed by atoms with Crippen molar-refractivity contribution >= 4 is 11.8 Å². The summed E-state index contributed by atoms with van der Waals surface area (Å²) in [5.41, 5.74) is 3.24. The lowest BCUT2D eigenvalue weighted by Crippen LogP contribution is -2.24. The topological polar surface area (TPSA) is 55.2 Å². The minimum atomic E-state index is -0.359. The fourth-order valence-electron chi connectivity index (χ4n) is 1.93. The Morgan fingerprint density at radius 3 is 3.00 bits per heavy atom. The highest BCUT2D eigenvalue weighted by Crippen LogP contribution is 2.25. The Bertz CT molecular complexity index is 427. The van der Waals surface area contributed by atoms with E-state index in [0.29, 0.717) is 6.54 Å². The van der Waals surface area contributed by atoms with E-state index in [2.05, 4.69) is 11.9 Å². The van der Waals surface area contributed by atoms with E-state index in [0.717, 1.165) is 24.1 Å². The quantitative estimate of drug-likeness (QED) is 0.591. The largest absolute Gasteiger partial charge is 0.312 e. The first kappa shape index (κ1) is 9.86. The van der Waals surface area contributed by atoms with Gasteiger partial charge < -0.3 is 5.32 Å². The molecule has 0 aliphatic carbocycles. The van der Waals surface area contributed by atoms with Crippen LogP contribution in [-0.4, -0.2) is 11.5 Å². The van der Waals surface area contributed by atoms with Gasteiger partial charge >= 0.3 is 0 Å². The lowest BCUT2D eigenvalue weighted by atomic mass is 9.95. The summed E-state index contributed by atoms with van der Waals surface area (Å²) in [5, 5.41) is 13.9. The zero-order valence-electron chi connectivity index (χ0n) is 8.32. The van der Waals surface area contributed by atoms with E-state index in [-0.39, 0.29) is 10.6 Å². The van der Waals surface area contributed by atoms with Gasteiger partial charge in [0.05, 0.1) is 4.92 Å². The number of rotatable bonds is 2. The van der Waals surface area contributed by atoms with E-state index in [1.54, 1.807) is 18.2 Å². The van der Waals surface area contributed by atoms with Gasteiger partial charge in [-0.2, -0.15) is 0 Å². The second-order valence-electron chi connectivity index (χ2n) is 3.56. The third-order valence-electron chi connectivity index (χ3n) is 2.66. The molecular weight excluding hydrogens is 192 g/mol. The average molecular weight is 204 g/mol. The van der Waals surface area contributed by atoms with E-state index in [4.69, 9.17) is 0 Å².